The normalized spacial score (nSPS) is 28.9. The lowest BCUT2D eigenvalue weighted by molar-refractivity contribution is 0.101. The maximum atomic E-state index is 15.2. The summed E-state index contributed by atoms with van der Waals surface area (Å²) in [6.45, 7) is 5.34. The summed E-state index contributed by atoms with van der Waals surface area (Å²) in [4.78, 5) is 32.0. The van der Waals surface area contributed by atoms with Crippen molar-refractivity contribution < 1.29 is 32.4 Å². The smallest absolute Gasteiger partial charge is 0.410 e. The number of carbonyl (C=O) groups is 2. The van der Waals surface area contributed by atoms with E-state index in [1.165, 1.54) is 12.1 Å². The molecule has 1 aromatic carbocycles. The van der Waals surface area contributed by atoms with Crippen LogP contribution in [0, 0.1) is 17.5 Å². The second kappa shape index (κ2) is 8.50. The molecule has 3 heterocycles. The molecule has 0 radical (unpaired) electrons. The zero-order valence-electron chi connectivity index (χ0n) is 19.0. The molecule has 0 saturated carbocycles. The Kier molecular flexibility index (Phi) is 6.06. The van der Waals surface area contributed by atoms with Crippen molar-refractivity contribution in [2.45, 2.75) is 42.7 Å². The van der Waals surface area contributed by atoms with Gasteiger partial charge in [0.1, 0.15) is 23.0 Å². The number of nitrogens with zero attached hydrogens (tertiary/aromatic N) is 2. The molecule has 3 atom stereocenters. The van der Waals surface area contributed by atoms with Crippen LogP contribution in [0.3, 0.4) is 0 Å². The molecule has 5 N–H and O–H groups in total. The summed E-state index contributed by atoms with van der Waals surface area (Å²) in [6.07, 6.45) is -0.244. The first-order valence-corrected chi connectivity index (χ1v) is 12.3. The molecular weight excluding hydrogens is 487 g/mol. The minimum absolute atomic E-state index is 0.00245. The van der Waals surface area contributed by atoms with Crippen LogP contribution < -0.4 is 15.4 Å². The molecule has 188 valence electrons. The van der Waals surface area contributed by atoms with Crippen LogP contribution in [0.1, 0.15) is 43.2 Å². The zero-order valence-corrected chi connectivity index (χ0v) is 19.8. The number of carboxylic acid groups (broad SMARTS) is 1. The Hall–Kier alpha value is -3.16. The lowest BCUT2D eigenvalue weighted by Gasteiger charge is -2.56. The van der Waals surface area contributed by atoms with E-state index in [0.29, 0.717) is 25.2 Å². The highest BCUT2D eigenvalue weighted by molar-refractivity contribution is 8.29. The van der Waals surface area contributed by atoms with Crippen molar-refractivity contribution in [3.63, 3.8) is 0 Å². The van der Waals surface area contributed by atoms with Crippen LogP contribution in [-0.4, -0.2) is 49.0 Å². The number of pyridine rings is 1. The molecule has 0 spiro atoms. The molecule has 0 aliphatic carbocycles. The topological polar surface area (TPSA) is 136 Å². The fraction of sp³-hybridized carbons (Fsp3) is 0.364. The fourth-order valence-electron chi connectivity index (χ4n) is 4.63. The number of hydrogen-bond donors (Lipinski definition) is 5. The first kappa shape index (κ1) is 24.9. The number of amidine groups is 1. The molecule has 2 aromatic rings. The van der Waals surface area contributed by atoms with E-state index in [9.17, 15) is 28.0 Å². The number of aromatic nitrogens is 1. The van der Waals surface area contributed by atoms with E-state index in [-0.39, 0.29) is 17.1 Å². The summed E-state index contributed by atoms with van der Waals surface area (Å²) in [5.41, 5.74) is -1.98. The van der Waals surface area contributed by atoms with E-state index in [2.05, 4.69) is 25.3 Å². The van der Waals surface area contributed by atoms with Crippen LogP contribution >= 0.6 is 10.5 Å². The van der Waals surface area contributed by atoms with Crippen molar-refractivity contribution in [1.29, 1.82) is 0 Å². The second-order valence-electron chi connectivity index (χ2n) is 8.98. The number of nitrogens with one attached hydrogen (secondary N) is 3. The molecule has 9 nitrogen and oxygen atoms in total. The van der Waals surface area contributed by atoms with Gasteiger partial charge in [0.2, 0.25) is 0 Å². The van der Waals surface area contributed by atoms with Gasteiger partial charge in [-0.25, -0.2) is 22.9 Å². The van der Waals surface area contributed by atoms with E-state index in [1.54, 1.807) is 20.8 Å². The van der Waals surface area contributed by atoms with E-state index in [1.807, 2.05) is 0 Å². The maximum absolute atomic E-state index is 15.2. The number of halogens is 3. The molecule has 4 rings (SSSR count). The van der Waals surface area contributed by atoms with Gasteiger partial charge >= 0.3 is 6.09 Å². The predicted molar refractivity (Wildman–Crippen MR) is 125 cm³/mol. The molecular formula is C22H24F3N5O4S. The van der Waals surface area contributed by atoms with Gasteiger partial charge in [0.15, 0.2) is 11.5 Å². The minimum atomic E-state index is -2.74. The summed E-state index contributed by atoms with van der Waals surface area (Å²) in [5.74, 6) is -3.80. The van der Waals surface area contributed by atoms with Crippen LogP contribution in [0.2, 0.25) is 0 Å². The van der Waals surface area contributed by atoms with Crippen molar-refractivity contribution in [2.75, 3.05) is 11.9 Å². The average Bonchev–Trinajstić information content (AvgIpc) is 3.18. The number of amides is 2. The lowest BCUT2D eigenvalue weighted by atomic mass is 9.85. The first-order valence-electron chi connectivity index (χ1n) is 10.6. The zero-order chi connectivity index (χ0) is 25.8. The van der Waals surface area contributed by atoms with Crippen LogP contribution in [0.15, 0.2) is 35.5 Å². The highest BCUT2D eigenvalue weighted by Gasteiger charge is 2.61. The summed E-state index contributed by atoms with van der Waals surface area (Å²) in [7, 11) is -2.74. The number of aliphatic imine (C=N–C) groups is 1. The van der Waals surface area contributed by atoms with Gasteiger partial charge in [-0.15, -0.1) is 0 Å². The van der Waals surface area contributed by atoms with Crippen molar-refractivity contribution in [3.8, 4) is 0 Å². The van der Waals surface area contributed by atoms with E-state index in [4.69, 9.17) is 0 Å². The Morgan fingerprint density at radius 2 is 1.86 bits per heavy atom. The molecule has 35 heavy (non-hydrogen) atoms. The van der Waals surface area contributed by atoms with Crippen LogP contribution in [-0.2, 0) is 5.54 Å². The molecule has 2 amide bonds. The Labute approximate surface area is 200 Å². The number of rotatable bonds is 3. The molecule has 13 heteroatoms. The number of carbonyl (C=O) groups excluding carboxylic acids is 1. The van der Waals surface area contributed by atoms with Crippen LogP contribution in [0.5, 0.6) is 0 Å². The van der Waals surface area contributed by atoms with Crippen molar-refractivity contribution >= 4 is 34.0 Å². The fourth-order valence-corrected chi connectivity index (χ4v) is 8.03. The van der Waals surface area contributed by atoms with Gasteiger partial charge in [-0.3, -0.25) is 19.8 Å². The Bertz CT molecular complexity index is 1260. The van der Waals surface area contributed by atoms with Gasteiger partial charge in [-0.1, -0.05) is 10.5 Å². The molecule has 1 aromatic heterocycles. The van der Waals surface area contributed by atoms with Crippen molar-refractivity contribution in [1.82, 2.24) is 15.0 Å². The predicted octanol–water partition coefficient (Wildman–Crippen LogP) is 3.98. The molecule has 1 fully saturated rings. The Morgan fingerprint density at radius 1 is 1.14 bits per heavy atom. The molecule has 0 bridgehead atoms. The Balaban J connectivity index is 1.79. The minimum Gasteiger partial charge on any atom is -0.465 e. The van der Waals surface area contributed by atoms with Crippen molar-refractivity contribution in [2.24, 2.45) is 4.99 Å². The Morgan fingerprint density at radius 3 is 2.51 bits per heavy atom. The third kappa shape index (κ3) is 4.02. The largest absolute Gasteiger partial charge is 0.465 e. The van der Waals surface area contributed by atoms with E-state index in [0.717, 1.165) is 6.07 Å². The van der Waals surface area contributed by atoms with Gasteiger partial charge in [0.05, 0.1) is 16.2 Å². The van der Waals surface area contributed by atoms with Gasteiger partial charge in [0.25, 0.3) is 5.91 Å². The highest BCUT2D eigenvalue weighted by atomic mass is 32.3. The highest BCUT2D eigenvalue weighted by Crippen LogP contribution is 2.67. The first-order chi connectivity index (χ1) is 16.3. The summed E-state index contributed by atoms with van der Waals surface area (Å²) < 4.78 is 56.1. The van der Waals surface area contributed by atoms with Crippen molar-refractivity contribution in [3.05, 3.63) is 59.2 Å². The average molecular weight is 512 g/mol. The van der Waals surface area contributed by atoms with E-state index < -0.39 is 61.2 Å². The molecule has 2 aliphatic heterocycles. The number of fused-ring (bicyclic) bond motifs is 1. The third-order valence-electron chi connectivity index (χ3n) is 6.48. The van der Waals surface area contributed by atoms with Gasteiger partial charge in [0, 0.05) is 23.9 Å². The summed E-state index contributed by atoms with van der Waals surface area (Å²) >= 11 is 0. The quantitative estimate of drug-likeness (QED) is 0.423. The van der Waals surface area contributed by atoms with Gasteiger partial charge in [-0.2, -0.15) is 0 Å². The number of hydrogen-bond acceptors (Lipinski definition) is 6. The van der Waals surface area contributed by atoms with Crippen LogP contribution in [0.4, 0.5) is 23.7 Å². The number of anilines is 1. The lowest BCUT2D eigenvalue weighted by Crippen LogP contribution is -2.59. The maximum Gasteiger partial charge on any atom is 0.410 e. The summed E-state index contributed by atoms with van der Waals surface area (Å²) in [5, 5.41) is 13.4. The van der Waals surface area contributed by atoms with Crippen LogP contribution in [0.25, 0.3) is 0 Å². The number of benzene rings is 1. The molecule has 1 saturated heterocycles. The SMILES string of the molecule is CC1(C)C(NC(=O)O)=N[C@](C)(c2cc(NC(=O)c3ncc(F)cc3F)ccc2F)[C@@H]2CCNS21O. The molecule has 1 unspecified atom stereocenters. The van der Waals surface area contributed by atoms with Gasteiger partial charge < -0.3 is 15.0 Å². The molecule has 2 aliphatic rings. The third-order valence-corrected chi connectivity index (χ3v) is 10.4. The van der Waals surface area contributed by atoms with E-state index >= 15 is 4.39 Å². The summed E-state index contributed by atoms with van der Waals surface area (Å²) in [6, 6.07) is 4.15. The standard InChI is InChI=1S/C22H24F3N5O4S/c1-21(2)19(29-20(32)33)30-22(3,16-6-7-27-35(16,21)34)13-9-12(4-5-14(13)24)28-18(31)17-15(25)8-11(23)10-26-17/h4-5,8-10,16,27,34H,6-7H2,1-3H3,(H,28,31)(H,29,30)(H,32,33)/t16-,22+/m0/s1. The van der Waals surface area contributed by atoms with Gasteiger partial charge in [-0.05, 0) is 45.4 Å². The second-order valence-corrected chi connectivity index (χ2v) is 12.1. The monoisotopic (exact) mass is 511 g/mol.